The van der Waals surface area contributed by atoms with Gasteiger partial charge in [-0.1, -0.05) is 0 Å². The molecule has 0 spiro atoms. The molecule has 0 saturated heterocycles. The molecule has 17 nitrogen and oxygen atoms in total. The first-order chi connectivity index (χ1) is 17.2. The molecule has 2 aromatic heterocycles. The van der Waals surface area contributed by atoms with Gasteiger partial charge in [0, 0.05) is 17.7 Å². The van der Waals surface area contributed by atoms with Gasteiger partial charge in [0.25, 0.3) is 5.91 Å². The fourth-order valence-corrected chi connectivity index (χ4v) is 2.76. The van der Waals surface area contributed by atoms with E-state index < -0.39 is 37.3 Å². The van der Waals surface area contributed by atoms with Gasteiger partial charge in [-0.3, -0.25) is 14.4 Å². The number of carboxylic acids is 2. The largest absolute Gasteiger partial charge is 0.481 e. The summed E-state index contributed by atoms with van der Waals surface area (Å²) >= 11 is 0. The molecular formula is C19H22N7O10P. The summed E-state index contributed by atoms with van der Waals surface area (Å²) in [5.41, 5.74) is 6.47. The molecule has 3 aromatic rings. The third-order valence-electron chi connectivity index (χ3n) is 4.36. The lowest BCUT2D eigenvalue weighted by atomic mass is 10.1. The number of benzene rings is 1. The molecule has 0 aliphatic carbocycles. The van der Waals surface area contributed by atoms with Crippen molar-refractivity contribution >= 4 is 48.5 Å². The minimum absolute atomic E-state index is 0.0524. The van der Waals surface area contributed by atoms with Crippen LogP contribution >= 0.6 is 7.82 Å². The Morgan fingerprint density at radius 1 is 1.08 bits per heavy atom. The Kier molecular flexibility index (Phi) is 9.73. The fourth-order valence-electron chi connectivity index (χ4n) is 2.76. The number of nitrogens with zero attached hydrogens (tertiary/aromatic N) is 3. The van der Waals surface area contributed by atoms with Crippen molar-refractivity contribution in [3.8, 4) is 0 Å². The fraction of sp³-hybridized carbons (Fsp3) is 0.211. The van der Waals surface area contributed by atoms with Crippen molar-refractivity contribution in [3.63, 3.8) is 0 Å². The van der Waals surface area contributed by atoms with Crippen molar-refractivity contribution in [2.45, 2.75) is 25.4 Å². The molecule has 198 valence electrons. The summed E-state index contributed by atoms with van der Waals surface area (Å²) < 4.78 is 8.88. The first-order valence-electron chi connectivity index (χ1n) is 10.1. The van der Waals surface area contributed by atoms with Gasteiger partial charge in [0.1, 0.15) is 6.04 Å². The summed E-state index contributed by atoms with van der Waals surface area (Å²) in [6.07, 6.45) is 0.858. The first kappa shape index (κ1) is 28.8. The number of fused-ring (bicyclic) bond motifs is 1. The van der Waals surface area contributed by atoms with Crippen LogP contribution in [0.3, 0.4) is 0 Å². The Hall–Kier alpha value is -4.44. The zero-order chi connectivity index (χ0) is 27.8. The lowest BCUT2D eigenvalue weighted by Crippen LogP contribution is -2.41. The molecule has 0 saturated carbocycles. The Morgan fingerprint density at radius 2 is 1.70 bits per heavy atom. The maximum Gasteiger partial charge on any atom is 0.466 e. The van der Waals surface area contributed by atoms with Gasteiger partial charge in [0.2, 0.25) is 5.95 Å². The number of amides is 1. The summed E-state index contributed by atoms with van der Waals surface area (Å²) in [7, 11) is -4.64. The smallest absolute Gasteiger partial charge is 0.466 e. The van der Waals surface area contributed by atoms with E-state index in [2.05, 4.69) is 30.6 Å². The number of nitrogen functional groups attached to an aromatic ring is 1. The maximum absolute atomic E-state index is 12.3. The molecule has 0 unspecified atom stereocenters. The van der Waals surface area contributed by atoms with Crippen LogP contribution in [0.5, 0.6) is 0 Å². The second-order valence-electron chi connectivity index (χ2n) is 7.23. The predicted molar refractivity (Wildman–Crippen MR) is 126 cm³/mol. The predicted octanol–water partition coefficient (Wildman–Crippen LogP) is -0.973. The van der Waals surface area contributed by atoms with Gasteiger partial charge >= 0.3 is 25.3 Å². The normalized spacial score (nSPS) is 11.6. The minimum Gasteiger partial charge on any atom is -0.481 e. The Balaban J connectivity index is 0.000000877. The van der Waals surface area contributed by atoms with Crippen LogP contribution in [-0.2, 0) is 20.7 Å². The van der Waals surface area contributed by atoms with E-state index in [1.165, 1.54) is 18.3 Å². The summed E-state index contributed by atoms with van der Waals surface area (Å²) in [5, 5.41) is 23.2. The summed E-state index contributed by atoms with van der Waals surface area (Å²) in [4.78, 5) is 82.1. The number of hydrogen-bond donors (Lipinski definition) is 9. The number of anilines is 2. The van der Waals surface area contributed by atoms with E-state index in [4.69, 9.17) is 35.2 Å². The minimum atomic E-state index is -4.64. The van der Waals surface area contributed by atoms with E-state index >= 15 is 0 Å². The Bertz CT molecular complexity index is 1380. The molecule has 1 aromatic carbocycles. The molecule has 1 atom stereocenters. The molecule has 0 bridgehead atoms. The number of nitrogens with one attached hydrogen (secondary N) is 3. The SMILES string of the molecule is Nc1nc(=O)c2nc(CNc3ccc(C(=O)N[C@@H](CCC(=O)O)C(=O)O)cc3)cnc2[nH]1.O=P(O)(O)O. The van der Waals surface area contributed by atoms with Crippen LogP contribution in [-0.4, -0.2) is 68.7 Å². The second kappa shape index (κ2) is 12.5. The summed E-state index contributed by atoms with van der Waals surface area (Å²) in [6.45, 7) is 0.231. The molecule has 0 aliphatic rings. The highest BCUT2D eigenvalue weighted by molar-refractivity contribution is 7.45. The van der Waals surface area contributed by atoms with E-state index in [-0.39, 0.29) is 42.1 Å². The van der Waals surface area contributed by atoms with Crippen LogP contribution in [0.15, 0.2) is 35.3 Å². The van der Waals surface area contributed by atoms with Crippen LogP contribution in [0.25, 0.3) is 11.2 Å². The van der Waals surface area contributed by atoms with Gasteiger partial charge in [0.15, 0.2) is 11.2 Å². The van der Waals surface area contributed by atoms with Crippen LogP contribution in [0.4, 0.5) is 11.6 Å². The van der Waals surface area contributed by atoms with E-state index in [9.17, 15) is 19.2 Å². The maximum atomic E-state index is 12.3. The summed E-state index contributed by atoms with van der Waals surface area (Å²) in [6, 6.07) is 4.86. The number of rotatable bonds is 9. The van der Waals surface area contributed by atoms with Crippen LogP contribution in [0.2, 0.25) is 0 Å². The van der Waals surface area contributed by atoms with Gasteiger partial charge in [-0.2, -0.15) is 4.98 Å². The lowest BCUT2D eigenvalue weighted by Gasteiger charge is -2.14. The van der Waals surface area contributed by atoms with E-state index in [1.54, 1.807) is 12.1 Å². The van der Waals surface area contributed by atoms with Crippen molar-refractivity contribution in [1.29, 1.82) is 0 Å². The van der Waals surface area contributed by atoms with Gasteiger partial charge in [-0.15, -0.1) is 0 Å². The zero-order valence-electron chi connectivity index (χ0n) is 18.7. The van der Waals surface area contributed by atoms with Gasteiger partial charge < -0.3 is 46.2 Å². The molecular weight excluding hydrogens is 517 g/mol. The molecule has 0 fully saturated rings. The average molecular weight is 539 g/mol. The van der Waals surface area contributed by atoms with Crippen molar-refractivity contribution in [1.82, 2.24) is 25.3 Å². The van der Waals surface area contributed by atoms with Crippen molar-refractivity contribution in [2.24, 2.45) is 0 Å². The van der Waals surface area contributed by atoms with E-state index in [1.807, 2.05) is 0 Å². The van der Waals surface area contributed by atoms with Gasteiger partial charge in [-0.25, -0.2) is 19.3 Å². The first-order valence-corrected chi connectivity index (χ1v) is 11.7. The van der Waals surface area contributed by atoms with Gasteiger partial charge in [0.05, 0.1) is 18.4 Å². The molecule has 37 heavy (non-hydrogen) atoms. The highest BCUT2D eigenvalue weighted by atomic mass is 31.2. The van der Waals surface area contributed by atoms with Crippen LogP contribution in [0, 0.1) is 0 Å². The molecule has 18 heteroatoms. The third-order valence-corrected chi connectivity index (χ3v) is 4.36. The topological polar surface area (TPSA) is 291 Å². The molecule has 3 rings (SSSR count). The van der Waals surface area contributed by atoms with Crippen LogP contribution in [0.1, 0.15) is 28.9 Å². The summed E-state index contributed by atoms with van der Waals surface area (Å²) in [5.74, 6) is -3.16. The number of aliphatic carboxylic acids is 2. The standard InChI is InChI=1S/C19H19N7O6.H3O4P/c20-19-25-15-14(17(30)26-19)23-11(8-22-15)7-21-10-3-1-9(2-4-10)16(29)24-12(18(31)32)5-6-13(27)28;1-5(2,3)4/h1-4,8,12,21H,5-7H2,(H,24,29)(H,27,28)(H,31,32)(H3,20,22,25,26,30);(H3,1,2,3,4)/t12-;/m0./s1. The Labute approximate surface area is 206 Å². The van der Waals surface area contributed by atoms with E-state index in [0.717, 1.165) is 0 Å². The zero-order valence-corrected chi connectivity index (χ0v) is 19.6. The number of H-pyrrole nitrogens is 1. The van der Waals surface area contributed by atoms with Gasteiger partial charge in [-0.05, 0) is 30.7 Å². The molecule has 2 heterocycles. The van der Waals surface area contributed by atoms with Crippen molar-refractivity contribution < 1.29 is 43.8 Å². The number of carbonyl (C=O) groups excluding carboxylic acids is 1. The highest BCUT2D eigenvalue weighted by Crippen LogP contribution is 2.25. The third kappa shape index (κ3) is 9.98. The second-order valence-corrected chi connectivity index (χ2v) is 8.25. The average Bonchev–Trinajstić information content (AvgIpc) is 2.79. The molecule has 0 radical (unpaired) electrons. The monoisotopic (exact) mass is 539 g/mol. The quantitative estimate of drug-likeness (QED) is 0.148. The molecule has 0 aliphatic heterocycles. The Morgan fingerprint density at radius 3 is 2.27 bits per heavy atom. The van der Waals surface area contributed by atoms with Crippen molar-refractivity contribution in [2.75, 3.05) is 11.1 Å². The lowest BCUT2D eigenvalue weighted by molar-refractivity contribution is -0.140. The number of nitrogens with two attached hydrogens (primary N) is 1. The number of carboxylic acid groups (broad SMARTS) is 2. The number of aromatic nitrogens is 4. The van der Waals surface area contributed by atoms with Crippen molar-refractivity contribution in [3.05, 3.63) is 52.1 Å². The molecule has 1 amide bonds. The van der Waals surface area contributed by atoms with Crippen LogP contribution < -0.4 is 21.9 Å². The number of phosphoric acid groups is 1. The number of carbonyl (C=O) groups is 3. The van der Waals surface area contributed by atoms with E-state index in [0.29, 0.717) is 11.4 Å². The highest BCUT2D eigenvalue weighted by Gasteiger charge is 2.21. The number of hydrogen-bond acceptors (Lipinski definition) is 10. The molecule has 10 N–H and O–H groups in total. The number of aromatic amines is 1.